The Bertz CT molecular complexity index is 471. The molecule has 0 aliphatic heterocycles. The summed E-state index contributed by atoms with van der Waals surface area (Å²) in [5.41, 5.74) is 3.42. The minimum absolute atomic E-state index is 0.0486. The smallest absolute Gasteiger partial charge is 0.339 e. The van der Waals surface area contributed by atoms with Gasteiger partial charge in [-0.3, -0.25) is 4.98 Å². The van der Waals surface area contributed by atoms with Gasteiger partial charge >= 0.3 is 5.97 Å². The number of hydrogen-bond donors (Lipinski definition) is 0. The third kappa shape index (κ3) is 2.95. The molecule has 0 radical (unpaired) electrons. The van der Waals surface area contributed by atoms with E-state index in [9.17, 15) is 4.79 Å². The van der Waals surface area contributed by atoms with E-state index in [4.69, 9.17) is 9.47 Å². The van der Waals surface area contributed by atoms with Gasteiger partial charge in [0.1, 0.15) is 0 Å². The molecule has 1 aromatic rings. The summed E-state index contributed by atoms with van der Waals surface area (Å²) >= 11 is 0. The number of carbonyl (C=O) groups is 1. The molecule has 1 heterocycles. The van der Waals surface area contributed by atoms with Gasteiger partial charge in [0.2, 0.25) is 0 Å². The Kier molecular flexibility index (Phi) is 4.53. The van der Waals surface area contributed by atoms with Gasteiger partial charge in [0, 0.05) is 7.11 Å². The molecule has 0 bridgehead atoms. The Morgan fingerprint density at radius 1 is 1.47 bits per heavy atom. The van der Waals surface area contributed by atoms with E-state index in [2.05, 4.69) is 4.98 Å². The molecule has 4 nitrogen and oxygen atoms in total. The number of ether oxygens (including phenoxy) is 2. The summed E-state index contributed by atoms with van der Waals surface area (Å²) in [5.74, 6) is -0.284. The molecular weight excluding hydrogens is 242 g/mol. The third-order valence-electron chi connectivity index (χ3n) is 3.57. The fourth-order valence-corrected chi connectivity index (χ4v) is 2.57. The number of hydrogen-bond acceptors (Lipinski definition) is 4. The van der Waals surface area contributed by atoms with Crippen molar-refractivity contribution in [3.63, 3.8) is 0 Å². The zero-order valence-corrected chi connectivity index (χ0v) is 11.9. The Morgan fingerprint density at radius 3 is 2.95 bits per heavy atom. The highest BCUT2D eigenvalue weighted by Crippen LogP contribution is 2.30. The van der Waals surface area contributed by atoms with Crippen LogP contribution in [0.3, 0.4) is 0 Å². The summed E-state index contributed by atoms with van der Waals surface area (Å²) in [6.45, 7) is 4.05. The number of esters is 1. The lowest BCUT2D eigenvalue weighted by Gasteiger charge is -2.17. The highest BCUT2D eigenvalue weighted by atomic mass is 16.5. The number of methoxy groups -OCH3 is 1. The molecule has 2 rings (SSSR count). The maximum absolute atomic E-state index is 11.9. The number of pyridine rings is 1. The molecule has 0 spiro atoms. The second-order valence-corrected chi connectivity index (χ2v) is 4.86. The molecular formula is C15H21NO3. The molecule has 0 amide bonds. The average molecular weight is 263 g/mol. The molecule has 4 heteroatoms. The Hall–Kier alpha value is -1.42. The molecule has 0 saturated heterocycles. The van der Waals surface area contributed by atoms with Crippen molar-refractivity contribution in [2.24, 2.45) is 0 Å². The molecule has 0 fully saturated rings. The Balaban J connectivity index is 2.41. The topological polar surface area (TPSA) is 48.4 Å². The van der Waals surface area contributed by atoms with E-state index >= 15 is 0 Å². The molecule has 0 N–H and O–H groups in total. The van der Waals surface area contributed by atoms with Gasteiger partial charge in [-0.15, -0.1) is 0 Å². The molecule has 1 unspecified atom stereocenters. The maximum Gasteiger partial charge on any atom is 0.339 e. The first-order valence-electron chi connectivity index (χ1n) is 6.87. The second-order valence-electron chi connectivity index (χ2n) is 4.86. The number of aromatic nitrogens is 1. The molecule has 1 aliphatic carbocycles. The molecule has 104 valence electrons. The highest BCUT2D eigenvalue weighted by Gasteiger charge is 2.23. The van der Waals surface area contributed by atoms with Crippen molar-refractivity contribution in [2.45, 2.75) is 45.6 Å². The average Bonchev–Trinajstić information content (AvgIpc) is 2.59. The third-order valence-corrected chi connectivity index (χ3v) is 3.57. The lowest BCUT2D eigenvalue weighted by atomic mass is 10.0. The van der Waals surface area contributed by atoms with Crippen LogP contribution in [0.5, 0.6) is 0 Å². The van der Waals surface area contributed by atoms with Crippen molar-refractivity contribution in [1.82, 2.24) is 4.98 Å². The quantitative estimate of drug-likeness (QED) is 0.621. The lowest BCUT2D eigenvalue weighted by Crippen LogP contribution is -2.13. The summed E-state index contributed by atoms with van der Waals surface area (Å²) in [6.07, 6.45) is 4.24. The lowest BCUT2D eigenvalue weighted by molar-refractivity contribution is 0.0524. The van der Waals surface area contributed by atoms with Crippen LogP contribution in [0.2, 0.25) is 0 Å². The molecule has 1 aliphatic rings. The standard InChI is InChI=1S/C15H21NO3/c1-4-19-15(17)12-9-11-7-5-6-8-13(18-3)14(11)16-10(12)2/h9,13H,4-8H2,1-3H3. The van der Waals surface area contributed by atoms with Crippen molar-refractivity contribution in [3.8, 4) is 0 Å². The minimum atomic E-state index is -0.284. The number of aryl methyl sites for hydroxylation is 2. The van der Waals surface area contributed by atoms with Crippen molar-refractivity contribution in [3.05, 3.63) is 28.6 Å². The largest absolute Gasteiger partial charge is 0.462 e. The predicted octanol–water partition coefficient (Wildman–Crippen LogP) is 2.98. The zero-order valence-electron chi connectivity index (χ0n) is 11.9. The van der Waals surface area contributed by atoms with Crippen LogP contribution in [-0.2, 0) is 15.9 Å². The van der Waals surface area contributed by atoms with Crippen LogP contribution < -0.4 is 0 Å². The van der Waals surface area contributed by atoms with Crippen molar-refractivity contribution in [1.29, 1.82) is 0 Å². The summed E-state index contributed by atoms with van der Waals surface area (Å²) in [5, 5.41) is 0. The van der Waals surface area contributed by atoms with Gasteiger partial charge in [0.25, 0.3) is 0 Å². The van der Waals surface area contributed by atoms with Crippen LogP contribution in [0.25, 0.3) is 0 Å². The van der Waals surface area contributed by atoms with Crippen LogP contribution in [-0.4, -0.2) is 24.7 Å². The van der Waals surface area contributed by atoms with Gasteiger partial charge in [-0.1, -0.05) is 6.42 Å². The van der Waals surface area contributed by atoms with E-state index in [1.807, 2.05) is 19.9 Å². The summed E-state index contributed by atoms with van der Waals surface area (Å²) in [7, 11) is 1.72. The first kappa shape index (κ1) is 14.0. The fraction of sp³-hybridized carbons (Fsp3) is 0.600. The van der Waals surface area contributed by atoms with E-state index < -0.39 is 0 Å². The second kappa shape index (κ2) is 6.15. The normalized spacial score (nSPS) is 18.6. The van der Waals surface area contributed by atoms with E-state index in [0.717, 1.165) is 42.6 Å². The highest BCUT2D eigenvalue weighted by molar-refractivity contribution is 5.90. The number of carbonyl (C=O) groups excluding carboxylic acids is 1. The molecule has 19 heavy (non-hydrogen) atoms. The first-order chi connectivity index (χ1) is 9.17. The van der Waals surface area contributed by atoms with Crippen LogP contribution in [0.1, 0.15) is 59.6 Å². The molecule has 1 aromatic heterocycles. The van der Waals surface area contributed by atoms with Gasteiger partial charge in [-0.05, 0) is 44.7 Å². The number of rotatable bonds is 3. The van der Waals surface area contributed by atoms with E-state index in [0.29, 0.717) is 12.2 Å². The molecule has 1 atom stereocenters. The fourth-order valence-electron chi connectivity index (χ4n) is 2.57. The number of fused-ring (bicyclic) bond motifs is 1. The zero-order chi connectivity index (χ0) is 13.8. The van der Waals surface area contributed by atoms with E-state index in [1.165, 1.54) is 0 Å². The number of nitrogens with zero attached hydrogens (tertiary/aromatic N) is 1. The Labute approximate surface area is 114 Å². The summed E-state index contributed by atoms with van der Waals surface area (Å²) in [4.78, 5) is 16.5. The van der Waals surface area contributed by atoms with E-state index in [-0.39, 0.29) is 12.1 Å². The van der Waals surface area contributed by atoms with Gasteiger partial charge in [-0.2, -0.15) is 0 Å². The van der Waals surface area contributed by atoms with Gasteiger partial charge in [0.15, 0.2) is 0 Å². The monoisotopic (exact) mass is 263 g/mol. The summed E-state index contributed by atoms with van der Waals surface area (Å²) in [6, 6.07) is 1.94. The molecule has 0 aromatic carbocycles. The van der Waals surface area contributed by atoms with Crippen LogP contribution >= 0.6 is 0 Å². The molecule has 0 saturated carbocycles. The van der Waals surface area contributed by atoms with Crippen molar-refractivity contribution in [2.75, 3.05) is 13.7 Å². The van der Waals surface area contributed by atoms with Crippen molar-refractivity contribution < 1.29 is 14.3 Å². The van der Waals surface area contributed by atoms with Gasteiger partial charge in [-0.25, -0.2) is 4.79 Å². The van der Waals surface area contributed by atoms with Crippen LogP contribution in [0.15, 0.2) is 6.07 Å². The maximum atomic E-state index is 11.9. The first-order valence-corrected chi connectivity index (χ1v) is 6.87. The SMILES string of the molecule is CCOC(=O)c1cc2c(nc1C)C(OC)CCCC2. The van der Waals surface area contributed by atoms with E-state index in [1.54, 1.807) is 7.11 Å². The summed E-state index contributed by atoms with van der Waals surface area (Å²) < 4.78 is 10.6. The predicted molar refractivity (Wildman–Crippen MR) is 72.2 cm³/mol. The Morgan fingerprint density at radius 2 is 2.26 bits per heavy atom. The van der Waals surface area contributed by atoms with Crippen molar-refractivity contribution >= 4 is 5.97 Å². The van der Waals surface area contributed by atoms with Gasteiger partial charge < -0.3 is 9.47 Å². The minimum Gasteiger partial charge on any atom is -0.462 e. The van der Waals surface area contributed by atoms with Crippen LogP contribution in [0, 0.1) is 6.92 Å². The van der Waals surface area contributed by atoms with Gasteiger partial charge in [0.05, 0.1) is 29.7 Å². The van der Waals surface area contributed by atoms with Crippen LogP contribution in [0.4, 0.5) is 0 Å².